The van der Waals surface area contributed by atoms with E-state index in [0.717, 1.165) is 33.6 Å². The number of aryl methyl sites for hydroxylation is 1. The quantitative estimate of drug-likeness (QED) is 0.314. The standard InChI is InChI=1S/C19H17ClF3IN2/c20-12-9-15-14(6-1-2-7-25)17(11-4-3-5-13(24)8-11)26-18(15)16(10-12)19(21,22)23/h3-5,8-10,26H,1-2,6-7,25H2. The molecule has 0 atom stereocenters. The van der Waals surface area contributed by atoms with Crippen molar-refractivity contribution in [2.75, 3.05) is 6.54 Å². The number of rotatable bonds is 5. The zero-order valence-electron chi connectivity index (χ0n) is 13.8. The second kappa shape index (κ2) is 7.78. The van der Waals surface area contributed by atoms with Gasteiger partial charge in [0.2, 0.25) is 0 Å². The maximum atomic E-state index is 13.5. The van der Waals surface area contributed by atoms with Crippen LogP contribution in [0.15, 0.2) is 36.4 Å². The maximum Gasteiger partial charge on any atom is 0.418 e. The molecule has 138 valence electrons. The number of nitrogens with one attached hydrogen (secondary N) is 1. The maximum absolute atomic E-state index is 13.5. The van der Waals surface area contributed by atoms with Gasteiger partial charge in [-0.05, 0) is 83.8 Å². The summed E-state index contributed by atoms with van der Waals surface area (Å²) in [6.45, 7) is 0.551. The highest BCUT2D eigenvalue weighted by atomic mass is 127. The molecule has 3 aromatic rings. The Morgan fingerprint density at radius 1 is 1.12 bits per heavy atom. The van der Waals surface area contributed by atoms with Gasteiger partial charge in [-0.3, -0.25) is 0 Å². The predicted molar refractivity (Wildman–Crippen MR) is 108 cm³/mol. The molecule has 7 heteroatoms. The van der Waals surface area contributed by atoms with Crippen LogP contribution >= 0.6 is 34.2 Å². The van der Waals surface area contributed by atoms with Crippen molar-refractivity contribution < 1.29 is 13.2 Å². The molecular weight excluding hydrogens is 476 g/mol. The van der Waals surface area contributed by atoms with E-state index >= 15 is 0 Å². The van der Waals surface area contributed by atoms with Gasteiger partial charge in [-0.15, -0.1) is 0 Å². The Kier molecular flexibility index (Phi) is 5.84. The van der Waals surface area contributed by atoms with Crippen molar-refractivity contribution in [2.24, 2.45) is 5.73 Å². The van der Waals surface area contributed by atoms with Crippen molar-refractivity contribution in [3.63, 3.8) is 0 Å². The minimum absolute atomic E-state index is 0.0816. The fourth-order valence-corrected chi connectivity index (χ4v) is 3.90. The Balaban J connectivity index is 2.27. The molecule has 26 heavy (non-hydrogen) atoms. The number of aromatic amines is 1. The number of aromatic nitrogens is 1. The molecule has 3 N–H and O–H groups in total. The lowest BCUT2D eigenvalue weighted by Gasteiger charge is -2.09. The smallest absolute Gasteiger partial charge is 0.354 e. The topological polar surface area (TPSA) is 41.8 Å². The molecule has 0 fully saturated rings. The lowest BCUT2D eigenvalue weighted by atomic mass is 9.99. The minimum atomic E-state index is -4.48. The zero-order valence-corrected chi connectivity index (χ0v) is 16.7. The van der Waals surface area contributed by atoms with E-state index in [2.05, 4.69) is 27.6 Å². The van der Waals surface area contributed by atoms with E-state index in [-0.39, 0.29) is 10.5 Å². The van der Waals surface area contributed by atoms with E-state index in [4.69, 9.17) is 17.3 Å². The van der Waals surface area contributed by atoms with Crippen molar-refractivity contribution >= 4 is 45.1 Å². The minimum Gasteiger partial charge on any atom is -0.354 e. The van der Waals surface area contributed by atoms with Gasteiger partial charge in [-0.1, -0.05) is 23.7 Å². The average Bonchev–Trinajstić information content (AvgIpc) is 2.92. The molecule has 0 radical (unpaired) electrons. The highest BCUT2D eigenvalue weighted by Gasteiger charge is 2.34. The van der Waals surface area contributed by atoms with Gasteiger partial charge in [0.05, 0.1) is 11.1 Å². The number of fused-ring (bicyclic) bond motifs is 1. The Morgan fingerprint density at radius 2 is 1.88 bits per heavy atom. The summed E-state index contributed by atoms with van der Waals surface area (Å²) in [4.78, 5) is 3.02. The largest absolute Gasteiger partial charge is 0.418 e. The monoisotopic (exact) mass is 492 g/mol. The van der Waals surface area contributed by atoms with Gasteiger partial charge in [-0.25, -0.2) is 0 Å². The first-order valence-electron chi connectivity index (χ1n) is 8.18. The summed E-state index contributed by atoms with van der Waals surface area (Å²) < 4.78 is 41.6. The molecule has 1 heterocycles. The fourth-order valence-electron chi connectivity index (χ4n) is 3.13. The summed E-state index contributed by atoms with van der Waals surface area (Å²) in [7, 11) is 0. The van der Waals surface area contributed by atoms with Crippen LogP contribution in [0, 0.1) is 3.57 Å². The van der Waals surface area contributed by atoms with E-state index in [9.17, 15) is 13.2 Å². The number of hydrogen-bond acceptors (Lipinski definition) is 1. The SMILES string of the molecule is NCCCCc1c(-c2cccc(I)c2)[nH]c2c(C(F)(F)F)cc(Cl)cc12. The number of halogens is 5. The molecule has 0 aliphatic rings. The Labute approximate surface area is 168 Å². The molecule has 0 saturated carbocycles. The van der Waals surface area contributed by atoms with Crippen LogP contribution in [-0.4, -0.2) is 11.5 Å². The summed E-state index contributed by atoms with van der Waals surface area (Å²) in [6.07, 6.45) is -2.24. The Morgan fingerprint density at radius 3 is 2.54 bits per heavy atom. The first-order chi connectivity index (χ1) is 12.3. The molecule has 0 spiro atoms. The molecule has 0 aliphatic heterocycles. The van der Waals surface area contributed by atoms with Crippen LogP contribution in [-0.2, 0) is 12.6 Å². The van der Waals surface area contributed by atoms with Crippen LogP contribution < -0.4 is 5.73 Å². The molecule has 0 unspecified atom stereocenters. The summed E-state index contributed by atoms with van der Waals surface area (Å²) in [5, 5.41) is 0.605. The van der Waals surface area contributed by atoms with Crippen LogP contribution in [0.2, 0.25) is 5.02 Å². The Bertz CT molecular complexity index is 934. The first-order valence-corrected chi connectivity index (χ1v) is 9.64. The third-order valence-corrected chi connectivity index (χ3v) is 5.17. The van der Waals surface area contributed by atoms with E-state index < -0.39 is 11.7 Å². The third-order valence-electron chi connectivity index (χ3n) is 4.28. The van der Waals surface area contributed by atoms with Crippen LogP contribution in [0.5, 0.6) is 0 Å². The number of hydrogen-bond donors (Lipinski definition) is 2. The second-order valence-corrected chi connectivity index (χ2v) is 7.79. The van der Waals surface area contributed by atoms with E-state index in [1.54, 1.807) is 6.07 Å². The van der Waals surface area contributed by atoms with Crippen molar-refractivity contribution in [1.29, 1.82) is 0 Å². The molecular formula is C19H17ClF3IN2. The summed E-state index contributed by atoms with van der Waals surface area (Å²) >= 11 is 8.20. The molecule has 0 saturated heterocycles. The van der Waals surface area contributed by atoms with Crippen LogP contribution in [0.3, 0.4) is 0 Å². The van der Waals surface area contributed by atoms with E-state index in [1.807, 2.05) is 24.3 Å². The van der Waals surface area contributed by atoms with Gasteiger partial charge in [-0.2, -0.15) is 13.2 Å². The van der Waals surface area contributed by atoms with Crippen molar-refractivity contribution in [3.8, 4) is 11.3 Å². The molecule has 3 rings (SSSR count). The van der Waals surface area contributed by atoms with Crippen LogP contribution in [0.4, 0.5) is 13.2 Å². The molecule has 1 aromatic heterocycles. The molecule has 0 aliphatic carbocycles. The number of nitrogens with two attached hydrogens (primary N) is 1. The molecule has 2 nitrogen and oxygen atoms in total. The van der Waals surface area contributed by atoms with Gasteiger partial charge < -0.3 is 10.7 Å². The second-order valence-electron chi connectivity index (χ2n) is 6.11. The fraction of sp³-hybridized carbons (Fsp3) is 0.263. The summed E-state index contributed by atoms with van der Waals surface area (Å²) in [6, 6.07) is 10.3. The number of alkyl halides is 3. The normalized spacial score (nSPS) is 12.1. The van der Waals surface area contributed by atoms with Crippen molar-refractivity contribution in [2.45, 2.75) is 25.4 Å². The summed E-state index contributed by atoms with van der Waals surface area (Å²) in [5.74, 6) is 0. The van der Waals surface area contributed by atoms with Gasteiger partial charge in [0.25, 0.3) is 0 Å². The lowest BCUT2D eigenvalue weighted by Crippen LogP contribution is -2.05. The number of H-pyrrole nitrogens is 1. The van der Waals surface area contributed by atoms with Crippen molar-refractivity contribution in [3.05, 3.63) is 56.1 Å². The Hall–Kier alpha value is -1.25. The zero-order chi connectivity index (χ0) is 18.9. The van der Waals surface area contributed by atoms with Crippen LogP contribution in [0.1, 0.15) is 24.0 Å². The lowest BCUT2D eigenvalue weighted by molar-refractivity contribution is -0.136. The molecule has 0 bridgehead atoms. The summed E-state index contributed by atoms with van der Waals surface area (Å²) in [5.41, 5.74) is 7.34. The highest BCUT2D eigenvalue weighted by Crippen LogP contribution is 2.41. The van der Waals surface area contributed by atoms with E-state index in [1.165, 1.54) is 0 Å². The molecule has 0 amide bonds. The van der Waals surface area contributed by atoms with Crippen molar-refractivity contribution in [1.82, 2.24) is 4.98 Å². The van der Waals surface area contributed by atoms with Gasteiger partial charge in [0, 0.05) is 19.7 Å². The van der Waals surface area contributed by atoms with Gasteiger partial charge >= 0.3 is 6.18 Å². The van der Waals surface area contributed by atoms with Crippen LogP contribution in [0.25, 0.3) is 22.2 Å². The first kappa shape index (κ1) is 19.5. The van der Waals surface area contributed by atoms with E-state index in [0.29, 0.717) is 24.0 Å². The predicted octanol–water partition coefficient (Wildman–Crippen LogP) is 6.39. The van der Waals surface area contributed by atoms with Gasteiger partial charge in [0.15, 0.2) is 0 Å². The van der Waals surface area contributed by atoms with Gasteiger partial charge in [0.1, 0.15) is 0 Å². The highest BCUT2D eigenvalue weighted by molar-refractivity contribution is 14.1. The average molecular weight is 493 g/mol. The third kappa shape index (κ3) is 4.02. The number of benzene rings is 2. The molecule has 2 aromatic carbocycles. The number of unbranched alkanes of at least 4 members (excludes halogenated alkanes) is 1.